The molecule has 0 radical (unpaired) electrons. The Morgan fingerprint density at radius 3 is 1.93 bits per heavy atom. The van der Waals surface area contributed by atoms with Gasteiger partial charge in [-0.15, -0.1) is 0 Å². The van der Waals surface area contributed by atoms with Crippen LogP contribution >= 0.6 is 0 Å². The van der Waals surface area contributed by atoms with Gasteiger partial charge < -0.3 is 4.55 Å². The minimum absolute atomic E-state index is 0. The van der Waals surface area contributed by atoms with Crippen molar-refractivity contribution in [2.75, 3.05) is 0 Å². The van der Waals surface area contributed by atoms with Crippen LogP contribution in [0.2, 0.25) is 0 Å². The summed E-state index contributed by atoms with van der Waals surface area (Å²) in [5.41, 5.74) is 1.83. The average Bonchev–Trinajstić information content (AvgIpc) is 2.66. The third kappa shape index (κ3) is 8.72. The number of hydrogen-bond donors (Lipinski definition) is 0. The minimum atomic E-state index is -4.52. The molecular weight excluding hydrogens is 407 g/mol. The van der Waals surface area contributed by atoms with E-state index in [1.165, 1.54) is 32.1 Å². The summed E-state index contributed by atoms with van der Waals surface area (Å²) in [5, 5.41) is 1.44. The van der Waals surface area contributed by atoms with Gasteiger partial charge in [-0.05, 0) is 47.6 Å². The van der Waals surface area contributed by atoms with E-state index in [4.69, 9.17) is 0 Å². The van der Waals surface area contributed by atoms with E-state index in [0.717, 1.165) is 55.0 Å². The zero-order valence-electron chi connectivity index (χ0n) is 18.5. The van der Waals surface area contributed by atoms with Crippen molar-refractivity contribution < 1.29 is 64.4 Å². The number of rotatable bonds is 13. The minimum Gasteiger partial charge on any atom is -0.744 e. The van der Waals surface area contributed by atoms with Crippen LogP contribution in [-0.2, 0) is 23.0 Å². The van der Waals surface area contributed by atoms with E-state index < -0.39 is 10.1 Å². The van der Waals surface area contributed by atoms with Crippen molar-refractivity contribution >= 4 is 20.9 Å². The van der Waals surface area contributed by atoms with Gasteiger partial charge in [0.05, 0.1) is 4.90 Å². The van der Waals surface area contributed by atoms with E-state index >= 15 is 0 Å². The van der Waals surface area contributed by atoms with Crippen LogP contribution in [0, 0.1) is 0 Å². The molecule has 0 aliphatic carbocycles. The number of fused-ring (bicyclic) bond motifs is 1. The van der Waals surface area contributed by atoms with Gasteiger partial charge in [0.2, 0.25) is 0 Å². The second-order valence-corrected chi connectivity index (χ2v) is 9.16. The van der Waals surface area contributed by atoms with Gasteiger partial charge in [-0.25, -0.2) is 8.42 Å². The fraction of sp³-hybridized carbons (Fsp3) is 0.583. The molecule has 0 aliphatic heterocycles. The molecule has 0 aliphatic rings. The molecule has 2 aromatic rings. The normalized spacial score (nSPS) is 11.6. The van der Waals surface area contributed by atoms with Crippen LogP contribution < -0.4 is 51.4 Å². The number of unbranched alkanes of at least 4 members (excludes halogenated alkanes) is 8. The maximum absolute atomic E-state index is 12.2. The fourth-order valence-electron chi connectivity index (χ4n) is 4.02. The van der Waals surface area contributed by atoms with Gasteiger partial charge in [-0.2, -0.15) is 0 Å². The Kier molecular flexibility index (Phi) is 13.5. The van der Waals surface area contributed by atoms with Gasteiger partial charge in [0.15, 0.2) is 0 Å². The molecule has 0 fully saturated rings. The largest absolute Gasteiger partial charge is 1.00 e. The zero-order valence-corrected chi connectivity index (χ0v) is 22.4. The molecule has 0 unspecified atom stereocenters. The molecule has 156 valence electrons. The molecule has 3 nitrogen and oxygen atoms in total. The van der Waals surface area contributed by atoms with E-state index in [9.17, 15) is 13.0 Å². The van der Waals surface area contributed by atoms with E-state index in [1.807, 2.05) is 18.2 Å². The molecule has 0 spiro atoms. The molecule has 0 aromatic heterocycles. The first-order valence-corrected chi connectivity index (χ1v) is 12.4. The number of aryl methyl sites for hydroxylation is 1. The first-order valence-electron chi connectivity index (χ1n) is 11.0. The Morgan fingerprint density at radius 1 is 0.793 bits per heavy atom. The van der Waals surface area contributed by atoms with Crippen LogP contribution in [0.3, 0.4) is 0 Å². The summed E-state index contributed by atoms with van der Waals surface area (Å²) in [5.74, 6) is 0. The van der Waals surface area contributed by atoms with Crippen LogP contribution in [0.1, 0.15) is 89.2 Å². The fourth-order valence-corrected chi connectivity index (χ4v) is 5.01. The van der Waals surface area contributed by atoms with E-state index in [-0.39, 0.29) is 56.3 Å². The van der Waals surface area contributed by atoms with Gasteiger partial charge in [-0.3, -0.25) is 0 Å². The Labute approximate surface area is 220 Å². The first kappa shape index (κ1) is 27.3. The predicted octanol–water partition coefficient (Wildman–Crippen LogP) is 3.77. The van der Waals surface area contributed by atoms with E-state index in [2.05, 4.69) is 19.9 Å². The van der Waals surface area contributed by atoms with Crippen molar-refractivity contribution in [2.45, 2.75) is 95.8 Å². The summed E-state index contributed by atoms with van der Waals surface area (Å²) < 4.78 is 36.6. The van der Waals surface area contributed by atoms with Gasteiger partial charge in [-0.1, -0.05) is 95.5 Å². The van der Waals surface area contributed by atoms with Gasteiger partial charge in [0.25, 0.3) is 0 Å². The van der Waals surface area contributed by atoms with Crippen molar-refractivity contribution in [1.29, 1.82) is 0 Å². The van der Waals surface area contributed by atoms with Crippen molar-refractivity contribution in [3.8, 4) is 0 Å². The monoisotopic (exact) mass is 442 g/mol. The van der Waals surface area contributed by atoms with Crippen molar-refractivity contribution in [1.82, 2.24) is 0 Å². The van der Waals surface area contributed by atoms with Crippen LogP contribution in [0.5, 0.6) is 0 Å². The van der Waals surface area contributed by atoms with Crippen LogP contribution in [0.15, 0.2) is 35.2 Å². The molecule has 0 heterocycles. The summed E-state index contributed by atoms with van der Waals surface area (Å²) in [4.78, 5) is 0.0321. The second kappa shape index (κ2) is 14.3. The quantitative estimate of drug-likeness (QED) is 0.269. The maximum atomic E-state index is 12.2. The van der Waals surface area contributed by atoms with Gasteiger partial charge in [0.1, 0.15) is 10.1 Å². The molecule has 0 atom stereocenters. The Bertz CT molecular complexity index is 847. The Morgan fingerprint density at radius 2 is 1.34 bits per heavy atom. The first-order chi connectivity index (χ1) is 13.5. The van der Waals surface area contributed by atoms with Crippen LogP contribution in [0.4, 0.5) is 0 Å². The molecule has 2 rings (SSSR count). The third-order valence-corrected chi connectivity index (χ3v) is 6.49. The maximum Gasteiger partial charge on any atom is 1.00 e. The van der Waals surface area contributed by atoms with Crippen molar-refractivity contribution in [2.24, 2.45) is 0 Å². The standard InChI is InChI=1S/C24H36O3S.K/c1-3-5-7-9-11-15-20-19-21-16-13-14-18-23(21)24(28(25,26)27)22(20)17-12-10-8-6-4-2;/h13-14,16,18-19H,3-12,15,17H2,1-2H3,(H,25,26,27);/q;+1/p-1. The summed E-state index contributed by atoms with van der Waals surface area (Å²) in [6.45, 7) is 4.38. The van der Waals surface area contributed by atoms with E-state index in [0.29, 0.717) is 11.8 Å². The molecule has 2 aromatic carbocycles. The summed E-state index contributed by atoms with van der Waals surface area (Å²) in [7, 11) is -4.52. The van der Waals surface area contributed by atoms with Crippen LogP contribution in [-0.4, -0.2) is 13.0 Å². The molecule has 0 N–H and O–H groups in total. The van der Waals surface area contributed by atoms with E-state index in [1.54, 1.807) is 6.07 Å². The Hall–Kier alpha value is 0.246. The predicted molar refractivity (Wildman–Crippen MR) is 117 cm³/mol. The number of benzene rings is 2. The summed E-state index contributed by atoms with van der Waals surface area (Å²) in [6, 6.07) is 9.51. The molecule has 29 heavy (non-hydrogen) atoms. The van der Waals surface area contributed by atoms with Crippen LogP contribution in [0.25, 0.3) is 10.8 Å². The topological polar surface area (TPSA) is 57.2 Å². The van der Waals surface area contributed by atoms with Gasteiger partial charge >= 0.3 is 51.4 Å². The van der Waals surface area contributed by atoms with Gasteiger partial charge in [0, 0.05) is 0 Å². The van der Waals surface area contributed by atoms with Crippen molar-refractivity contribution in [3.05, 3.63) is 41.5 Å². The summed E-state index contributed by atoms with van der Waals surface area (Å²) >= 11 is 0. The van der Waals surface area contributed by atoms with Crippen molar-refractivity contribution in [3.63, 3.8) is 0 Å². The molecule has 0 saturated carbocycles. The molecule has 0 saturated heterocycles. The number of hydrogen-bond acceptors (Lipinski definition) is 3. The molecule has 0 bridgehead atoms. The molecule has 0 amide bonds. The Balaban J connectivity index is 0.00000420. The third-order valence-electron chi connectivity index (χ3n) is 5.53. The SMILES string of the molecule is CCCCCCCc1cc2ccccc2c(S(=O)(=O)[O-])c1CCCCCCC.[K+]. The molecular formula is C24H35KO3S. The molecule has 5 heteroatoms. The average molecular weight is 443 g/mol. The summed E-state index contributed by atoms with van der Waals surface area (Å²) in [6.07, 6.45) is 12.9. The second-order valence-electron chi connectivity index (χ2n) is 7.85. The smallest absolute Gasteiger partial charge is 0.744 e. The zero-order chi connectivity index (χ0) is 20.4.